The molecule has 1 fully saturated rings. The largest absolute Gasteiger partial charge is 0.489 e. The number of anilines is 2. The van der Waals surface area contributed by atoms with Gasteiger partial charge >= 0.3 is 6.09 Å². The van der Waals surface area contributed by atoms with E-state index in [1.165, 1.54) is 0 Å². The second-order valence-corrected chi connectivity index (χ2v) is 7.73. The molecule has 2 aromatic carbocycles. The Labute approximate surface area is 186 Å². The van der Waals surface area contributed by atoms with Gasteiger partial charge in [0, 0.05) is 25.9 Å². The van der Waals surface area contributed by atoms with E-state index < -0.39 is 6.09 Å². The third-order valence-corrected chi connectivity index (χ3v) is 5.42. The van der Waals surface area contributed by atoms with Gasteiger partial charge in [-0.1, -0.05) is 54.1 Å². The Morgan fingerprint density at radius 2 is 1.77 bits per heavy atom. The lowest BCUT2D eigenvalue weighted by molar-refractivity contribution is 0.155. The van der Waals surface area contributed by atoms with Gasteiger partial charge in [0.05, 0.1) is 16.9 Å². The molecule has 7 heteroatoms. The molecule has 31 heavy (non-hydrogen) atoms. The summed E-state index contributed by atoms with van der Waals surface area (Å²) in [5.74, 6) is 1.61. The first kappa shape index (κ1) is 21.0. The average molecular weight is 438 g/mol. The Hall–Kier alpha value is -3.25. The van der Waals surface area contributed by atoms with Gasteiger partial charge in [0.25, 0.3) is 0 Å². The maximum atomic E-state index is 12.0. The Morgan fingerprint density at radius 3 is 2.48 bits per heavy atom. The van der Waals surface area contributed by atoms with Crippen LogP contribution in [0.3, 0.4) is 0 Å². The monoisotopic (exact) mass is 437 g/mol. The second kappa shape index (κ2) is 10.2. The highest BCUT2D eigenvalue weighted by Gasteiger charge is 2.22. The van der Waals surface area contributed by atoms with Crippen LogP contribution in [0.4, 0.5) is 16.3 Å². The van der Waals surface area contributed by atoms with Crippen LogP contribution in [-0.4, -0.2) is 30.3 Å². The van der Waals surface area contributed by atoms with Crippen molar-refractivity contribution in [1.29, 1.82) is 0 Å². The summed E-state index contributed by atoms with van der Waals surface area (Å²) in [6.45, 7) is 1.91. The maximum Gasteiger partial charge on any atom is 0.412 e. The molecule has 0 unspecified atom stereocenters. The molecule has 2 heterocycles. The molecule has 1 aliphatic rings. The first-order valence-electron chi connectivity index (χ1n) is 10.3. The van der Waals surface area contributed by atoms with E-state index in [1.54, 1.807) is 6.20 Å². The highest BCUT2D eigenvalue weighted by Crippen LogP contribution is 2.27. The predicted molar refractivity (Wildman–Crippen MR) is 122 cm³/mol. The van der Waals surface area contributed by atoms with Crippen LogP contribution in [0.2, 0.25) is 5.02 Å². The zero-order valence-corrected chi connectivity index (χ0v) is 17.8. The van der Waals surface area contributed by atoms with Crippen molar-refractivity contribution in [2.24, 2.45) is 0 Å². The zero-order chi connectivity index (χ0) is 21.5. The van der Waals surface area contributed by atoms with E-state index in [2.05, 4.69) is 15.2 Å². The van der Waals surface area contributed by atoms with E-state index in [-0.39, 0.29) is 12.7 Å². The number of ether oxygens (including phenoxy) is 2. The number of rotatable bonds is 6. The molecule has 1 saturated heterocycles. The fraction of sp³-hybridized carbons (Fsp3) is 0.250. The van der Waals surface area contributed by atoms with E-state index in [4.69, 9.17) is 21.1 Å². The normalized spacial score (nSPS) is 14.2. The van der Waals surface area contributed by atoms with Crippen molar-refractivity contribution in [3.05, 3.63) is 83.5 Å². The van der Waals surface area contributed by atoms with Crippen molar-refractivity contribution in [3.63, 3.8) is 0 Å². The molecule has 1 aliphatic heterocycles. The van der Waals surface area contributed by atoms with Gasteiger partial charge in [-0.15, -0.1) is 0 Å². The first-order valence-corrected chi connectivity index (χ1v) is 10.6. The molecule has 0 radical (unpaired) electrons. The number of nitrogens with zero attached hydrogens (tertiary/aromatic N) is 2. The molecular formula is C24H24ClN3O3. The van der Waals surface area contributed by atoms with E-state index in [0.717, 1.165) is 43.1 Å². The Morgan fingerprint density at radius 1 is 1.03 bits per heavy atom. The number of carbonyl (C=O) groups excluding carboxylic acids is 1. The van der Waals surface area contributed by atoms with E-state index in [9.17, 15) is 4.79 Å². The van der Waals surface area contributed by atoms with Crippen LogP contribution in [0.15, 0.2) is 72.9 Å². The highest BCUT2D eigenvalue weighted by atomic mass is 35.5. The third kappa shape index (κ3) is 5.89. The van der Waals surface area contributed by atoms with Gasteiger partial charge in [-0.05, 0) is 29.8 Å². The molecule has 1 amide bonds. The number of benzene rings is 2. The van der Waals surface area contributed by atoms with Crippen molar-refractivity contribution >= 4 is 29.2 Å². The van der Waals surface area contributed by atoms with Crippen molar-refractivity contribution in [3.8, 4) is 5.75 Å². The molecule has 3 aromatic rings. The molecule has 6 nitrogen and oxygen atoms in total. The standard InChI is InChI=1S/C24H24ClN3O3/c25-21-8-4-5-9-22(21)31-20-12-14-28(15-13-20)23-11-10-19(16-26-23)27-24(29)30-17-18-6-2-1-3-7-18/h1-11,16,20H,12-15,17H2,(H,27,29). The highest BCUT2D eigenvalue weighted by molar-refractivity contribution is 6.32. The molecule has 1 aromatic heterocycles. The number of para-hydroxylation sites is 1. The molecule has 0 saturated carbocycles. The lowest BCUT2D eigenvalue weighted by Crippen LogP contribution is -2.38. The molecule has 0 spiro atoms. The van der Waals surface area contributed by atoms with Gasteiger partial charge in [0.1, 0.15) is 24.3 Å². The van der Waals surface area contributed by atoms with Gasteiger partial charge in [-0.25, -0.2) is 9.78 Å². The zero-order valence-electron chi connectivity index (χ0n) is 17.0. The Kier molecular flexibility index (Phi) is 6.89. The van der Waals surface area contributed by atoms with Crippen LogP contribution in [0, 0.1) is 0 Å². The maximum absolute atomic E-state index is 12.0. The van der Waals surface area contributed by atoms with Gasteiger partial charge in [0.15, 0.2) is 0 Å². The van der Waals surface area contributed by atoms with E-state index in [0.29, 0.717) is 10.7 Å². The van der Waals surface area contributed by atoms with Crippen LogP contribution >= 0.6 is 11.6 Å². The summed E-state index contributed by atoms with van der Waals surface area (Å²) in [5.41, 5.74) is 1.53. The summed E-state index contributed by atoms with van der Waals surface area (Å²) in [4.78, 5) is 18.7. The van der Waals surface area contributed by atoms with Crippen molar-refractivity contribution in [1.82, 2.24) is 4.98 Å². The Balaban J connectivity index is 1.24. The van der Waals surface area contributed by atoms with Crippen LogP contribution in [0.1, 0.15) is 18.4 Å². The van der Waals surface area contributed by atoms with Crippen molar-refractivity contribution in [2.75, 3.05) is 23.3 Å². The number of hydrogen-bond acceptors (Lipinski definition) is 5. The van der Waals surface area contributed by atoms with Gasteiger partial charge in [0.2, 0.25) is 0 Å². The molecule has 1 N–H and O–H groups in total. The minimum atomic E-state index is -0.504. The molecule has 0 bridgehead atoms. The lowest BCUT2D eigenvalue weighted by atomic mass is 10.1. The fourth-order valence-electron chi connectivity index (χ4n) is 3.45. The van der Waals surface area contributed by atoms with E-state index in [1.807, 2.05) is 66.7 Å². The number of halogens is 1. The fourth-order valence-corrected chi connectivity index (χ4v) is 3.63. The SMILES string of the molecule is O=C(Nc1ccc(N2CCC(Oc3ccccc3Cl)CC2)nc1)OCc1ccccc1. The number of carbonyl (C=O) groups is 1. The first-order chi connectivity index (χ1) is 15.2. The summed E-state index contributed by atoms with van der Waals surface area (Å²) >= 11 is 6.19. The quantitative estimate of drug-likeness (QED) is 0.549. The van der Waals surface area contributed by atoms with Crippen molar-refractivity contribution < 1.29 is 14.3 Å². The van der Waals surface area contributed by atoms with Crippen LogP contribution in [0.25, 0.3) is 0 Å². The molecule has 4 rings (SSSR count). The summed E-state index contributed by atoms with van der Waals surface area (Å²) in [6.07, 6.45) is 3.05. The van der Waals surface area contributed by atoms with Crippen LogP contribution < -0.4 is 15.0 Å². The summed E-state index contributed by atoms with van der Waals surface area (Å²) < 4.78 is 11.3. The second-order valence-electron chi connectivity index (χ2n) is 7.33. The number of pyridine rings is 1. The van der Waals surface area contributed by atoms with Gasteiger partial charge in [-0.3, -0.25) is 5.32 Å². The number of nitrogens with one attached hydrogen (secondary N) is 1. The molecular weight excluding hydrogens is 414 g/mol. The predicted octanol–water partition coefficient (Wildman–Crippen LogP) is 5.53. The summed E-state index contributed by atoms with van der Waals surface area (Å²) in [7, 11) is 0. The van der Waals surface area contributed by atoms with Crippen LogP contribution in [0.5, 0.6) is 5.75 Å². The van der Waals surface area contributed by atoms with Crippen molar-refractivity contribution in [2.45, 2.75) is 25.6 Å². The molecule has 0 aliphatic carbocycles. The van der Waals surface area contributed by atoms with Gasteiger partial charge in [-0.2, -0.15) is 0 Å². The Bertz CT molecular complexity index is 990. The summed E-state index contributed by atoms with van der Waals surface area (Å²) in [5, 5.41) is 3.34. The van der Waals surface area contributed by atoms with Crippen LogP contribution in [-0.2, 0) is 11.3 Å². The third-order valence-electron chi connectivity index (χ3n) is 5.10. The minimum absolute atomic E-state index is 0.136. The number of piperidine rings is 1. The number of aromatic nitrogens is 1. The minimum Gasteiger partial charge on any atom is -0.489 e. The topological polar surface area (TPSA) is 63.7 Å². The number of amides is 1. The van der Waals surface area contributed by atoms with E-state index >= 15 is 0 Å². The average Bonchev–Trinajstić information content (AvgIpc) is 2.81. The van der Waals surface area contributed by atoms with Gasteiger partial charge < -0.3 is 14.4 Å². The molecule has 160 valence electrons. The lowest BCUT2D eigenvalue weighted by Gasteiger charge is -2.33. The molecule has 0 atom stereocenters. The number of hydrogen-bond donors (Lipinski definition) is 1. The summed E-state index contributed by atoms with van der Waals surface area (Å²) in [6, 6.07) is 20.8. The smallest absolute Gasteiger partial charge is 0.412 e.